The molecule has 0 aromatic heterocycles. The van der Waals surface area contributed by atoms with E-state index in [0.29, 0.717) is 33.5 Å². The van der Waals surface area contributed by atoms with Gasteiger partial charge < -0.3 is 20.5 Å². The maximum Gasteiger partial charge on any atom is 1.00 e. The van der Waals surface area contributed by atoms with Gasteiger partial charge in [-0.25, -0.2) is 0 Å². The number of azo groups is 1. The number of hydrogen-bond acceptors (Lipinski definition) is 9. The van der Waals surface area contributed by atoms with E-state index in [0.717, 1.165) is 12.0 Å². The molecule has 24 heavy (non-hydrogen) atoms. The molecule has 2 N–H and O–H groups in total. The van der Waals surface area contributed by atoms with Gasteiger partial charge in [-0.05, 0) is 24.3 Å². The van der Waals surface area contributed by atoms with Gasteiger partial charge in [0.2, 0.25) is 0 Å². The van der Waals surface area contributed by atoms with E-state index in [1.807, 2.05) is 0 Å². The first-order valence-corrected chi connectivity index (χ1v) is 7.08. The zero-order chi connectivity index (χ0) is 16.7. The van der Waals surface area contributed by atoms with Gasteiger partial charge in [-0.15, -0.1) is 5.11 Å². The number of anilines is 1. The van der Waals surface area contributed by atoms with E-state index in [4.69, 9.17) is 15.2 Å². The third-order valence-electron chi connectivity index (χ3n) is 2.80. The van der Waals surface area contributed by atoms with Crippen LogP contribution < -0.4 is 50.0 Å². The molecule has 10 heteroatoms. The van der Waals surface area contributed by atoms with Gasteiger partial charge in [-0.3, -0.25) is 5.04 Å². The van der Waals surface area contributed by atoms with Gasteiger partial charge in [-0.2, -0.15) is 9.45 Å². The molecule has 0 saturated heterocycles. The maximum atomic E-state index is 9.76. The maximum absolute atomic E-state index is 9.76. The quantitative estimate of drug-likeness (QED) is 0.184. The zero-order valence-corrected chi connectivity index (χ0v) is 16.2. The Kier molecular flexibility index (Phi) is 9.08. The van der Waals surface area contributed by atoms with Crippen molar-refractivity contribution in [3.8, 4) is 11.5 Å². The fourth-order valence-corrected chi connectivity index (χ4v) is 2.07. The number of nitrogens with zero attached hydrogens (tertiary/aromatic N) is 2. The van der Waals surface area contributed by atoms with Crippen LogP contribution in [0.1, 0.15) is 0 Å². The van der Waals surface area contributed by atoms with Gasteiger partial charge in [0, 0.05) is 17.0 Å². The summed E-state index contributed by atoms with van der Waals surface area (Å²) in [5, 5.41) is 21.3. The molecule has 2 aromatic carbocycles. The van der Waals surface area contributed by atoms with E-state index in [2.05, 4.69) is 19.6 Å². The summed E-state index contributed by atoms with van der Waals surface area (Å²) in [5.41, 5.74) is 7.36. The van der Waals surface area contributed by atoms with Crippen LogP contribution in [0.25, 0.3) is 0 Å². The van der Waals surface area contributed by atoms with Crippen molar-refractivity contribution in [1.82, 2.24) is 0 Å². The molecule has 0 saturated carbocycles. The predicted molar refractivity (Wildman–Crippen MR) is 82.6 cm³/mol. The third kappa shape index (κ3) is 5.64. The largest absolute Gasteiger partial charge is 1.00 e. The Morgan fingerprint density at radius 3 is 2.25 bits per heavy atom. The molecular formula is C14H14N3NaO5S. The molecule has 8 nitrogen and oxygen atoms in total. The normalized spacial score (nSPS) is 10.5. The van der Waals surface area contributed by atoms with E-state index < -0.39 is 0 Å². The summed E-state index contributed by atoms with van der Waals surface area (Å²) in [6.45, 7) is 0. The second-order valence-electron chi connectivity index (χ2n) is 4.18. The van der Waals surface area contributed by atoms with Crippen LogP contribution in [-0.4, -0.2) is 14.2 Å². The number of nitrogens with two attached hydrogens (primary N) is 1. The molecule has 0 spiro atoms. The fourth-order valence-electron chi connectivity index (χ4n) is 1.72. The van der Waals surface area contributed by atoms with E-state index >= 15 is 0 Å². The van der Waals surface area contributed by atoms with E-state index in [-0.39, 0.29) is 29.6 Å². The SMILES string of the molecule is COc1cc(N=Nc2ccc(SOO[O-])cc2)c(OC)cc1N.[Na+]. The molecule has 0 atom stereocenters. The van der Waals surface area contributed by atoms with Gasteiger partial charge in [0.25, 0.3) is 0 Å². The number of methoxy groups -OCH3 is 2. The van der Waals surface area contributed by atoms with Crippen LogP contribution in [0.5, 0.6) is 11.5 Å². The molecule has 0 unspecified atom stereocenters. The van der Waals surface area contributed by atoms with Crippen molar-refractivity contribution < 1.29 is 53.7 Å². The number of ether oxygens (including phenoxy) is 2. The molecule has 0 aliphatic carbocycles. The van der Waals surface area contributed by atoms with Crippen molar-refractivity contribution in [2.45, 2.75) is 4.90 Å². The number of benzene rings is 2. The molecule has 2 aromatic rings. The Hall–Kier alpha value is -1.33. The first kappa shape index (κ1) is 20.7. The molecule has 0 aliphatic heterocycles. The monoisotopic (exact) mass is 359 g/mol. The Balaban J connectivity index is 0.00000288. The Bertz CT molecular complexity index is 685. The summed E-state index contributed by atoms with van der Waals surface area (Å²) in [7, 11) is 3.04. The Morgan fingerprint density at radius 1 is 1.00 bits per heavy atom. The van der Waals surface area contributed by atoms with Crippen LogP contribution >= 0.6 is 12.0 Å². The molecular weight excluding hydrogens is 345 g/mol. The Morgan fingerprint density at radius 2 is 1.67 bits per heavy atom. The van der Waals surface area contributed by atoms with E-state index in [1.54, 1.807) is 36.4 Å². The van der Waals surface area contributed by atoms with Crippen LogP contribution in [0.15, 0.2) is 51.5 Å². The van der Waals surface area contributed by atoms with Gasteiger partial charge in [0.15, 0.2) is 0 Å². The van der Waals surface area contributed by atoms with Crippen LogP contribution in [0.3, 0.4) is 0 Å². The van der Waals surface area contributed by atoms with Gasteiger partial charge in [-0.1, -0.05) is 0 Å². The topological polar surface area (TPSA) is 111 Å². The van der Waals surface area contributed by atoms with Crippen molar-refractivity contribution >= 4 is 29.1 Å². The van der Waals surface area contributed by atoms with Crippen molar-refractivity contribution in [2.75, 3.05) is 20.0 Å². The summed E-state index contributed by atoms with van der Waals surface area (Å²) >= 11 is 0.799. The van der Waals surface area contributed by atoms with Crippen LogP contribution in [-0.2, 0) is 9.37 Å². The summed E-state index contributed by atoms with van der Waals surface area (Å²) in [5.74, 6) is 0.974. The van der Waals surface area contributed by atoms with E-state index in [1.165, 1.54) is 14.2 Å². The fraction of sp³-hybridized carbons (Fsp3) is 0.143. The van der Waals surface area contributed by atoms with Crippen LogP contribution in [0.2, 0.25) is 0 Å². The molecule has 0 fully saturated rings. The summed E-state index contributed by atoms with van der Waals surface area (Å²) in [6, 6.07) is 10.1. The van der Waals surface area contributed by atoms with Crippen LogP contribution in [0.4, 0.5) is 17.1 Å². The second-order valence-corrected chi connectivity index (χ2v) is 4.95. The standard InChI is InChI=1S/C14H15N3O5S.Na/c1-19-13-8-12(14(20-2)7-11(13)15)17-16-9-3-5-10(6-4-9)23-22-21-18;/h3-8,18H,15H2,1-2H3;/q;+1/p-1. The predicted octanol–water partition coefficient (Wildman–Crippen LogP) is -0.0640. The second kappa shape index (κ2) is 10.5. The molecule has 0 radical (unpaired) electrons. The minimum absolute atomic E-state index is 0. The number of hydrogen-bond donors (Lipinski definition) is 1. The van der Waals surface area contributed by atoms with Crippen molar-refractivity contribution in [1.29, 1.82) is 0 Å². The molecule has 0 amide bonds. The summed E-state index contributed by atoms with van der Waals surface area (Å²) in [6.07, 6.45) is 0. The number of rotatable bonds is 7. The molecule has 2 rings (SSSR count). The average molecular weight is 359 g/mol. The van der Waals surface area contributed by atoms with Crippen LogP contribution in [0, 0.1) is 0 Å². The summed E-state index contributed by atoms with van der Waals surface area (Å²) in [4.78, 5) is 0.687. The first-order valence-electron chi connectivity index (χ1n) is 6.34. The Labute approximate surface area is 165 Å². The van der Waals surface area contributed by atoms with Gasteiger partial charge >= 0.3 is 29.6 Å². The van der Waals surface area contributed by atoms with Crippen molar-refractivity contribution in [3.63, 3.8) is 0 Å². The number of nitrogen functional groups attached to an aromatic ring is 1. The van der Waals surface area contributed by atoms with Crippen molar-refractivity contribution in [3.05, 3.63) is 36.4 Å². The van der Waals surface area contributed by atoms with E-state index in [9.17, 15) is 5.26 Å². The molecule has 0 bridgehead atoms. The first-order chi connectivity index (χ1) is 11.2. The summed E-state index contributed by atoms with van der Waals surface area (Å²) < 4.78 is 14.6. The molecule has 0 heterocycles. The molecule has 122 valence electrons. The zero-order valence-electron chi connectivity index (χ0n) is 13.4. The molecule has 0 aliphatic rings. The van der Waals surface area contributed by atoms with Crippen molar-refractivity contribution in [2.24, 2.45) is 10.2 Å². The van der Waals surface area contributed by atoms with Gasteiger partial charge in [0.05, 0.1) is 37.6 Å². The minimum Gasteiger partial charge on any atom is -0.691 e. The van der Waals surface area contributed by atoms with Gasteiger partial charge in [0.1, 0.15) is 17.2 Å². The third-order valence-corrected chi connectivity index (χ3v) is 3.39. The smallest absolute Gasteiger partial charge is 0.691 e. The average Bonchev–Trinajstić information content (AvgIpc) is 2.59. The minimum atomic E-state index is 0.